The summed E-state index contributed by atoms with van der Waals surface area (Å²) in [6.45, 7) is 0.515. The van der Waals surface area contributed by atoms with E-state index in [1.54, 1.807) is 11.8 Å². The van der Waals surface area contributed by atoms with Gasteiger partial charge in [0.1, 0.15) is 0 Å². The Morgan fingerprint density at radius 1 is 1.10 bits per heavy atom. The van der Waals surface area contributed by atoms with E-state index in [1.165, 1.54) is 12.1 Å². The van der Waals surface area contributed by atoms with E-state index in [0.717, 1.165) is 22.2 Å². The maximum absolute atomic E-state index is 12.9. The maximum Gasteiger partial charge on any atom is 0.417 e. The average Bonchev–Trinajstić information content (AvgIpc) is 2.67. The highest BCUT2D eigenvalue weighted by Crippen LogP contribution is 2.35. The Labute approximate surface area is 120 Å². The molecule has 0 saturated carbocycles. The van der Waals surface area contributed by atoms with Crippen LogP contribution in [0.4, 0.5) is 13.2 Å². The predicted octanol–water partition coefficient (Wildman–Crippen LogP) is 2.83. The Morgan fingerprint density at radius 2 is 1.80 bits per heavy atom. The summed E-state index contributed by atoms with van der Waals surface area (Å²) in [6.07, 6.45) is -4.03. The summed E-state index contributed by atoms with van der Waals surface area (Å²) in [7, 11) is -4.10. The van der Waals surface area contributed by atoms with Crippen molar-refractivity contribution in [3.63, 3.8) is 0 Å². The van der Waals surface area contributed by atoms with Crippen LogP contribution in [-0.4, -0.2) is 37.3 Å². The zero-order valence-corrected chi connectivity index (χ0v) is 12.2. The summed E-state index contributed by atoms with van der Waals surface area (Å²) >= 11 is 1.61. The monoisotopic (exact) mass is 325 g/mol. The van der Waals surface area contributed by atoms with Crippen molar-refractivity contribution in [2.24, 2.45) is 0 Å². The molecule has 20 heavy (non-hydrogen) atoms. The van der Waals surface area contributed by atoms with Gasteiger partial charge in [-0.05, 0) is 24.3 Å². The van der Waals surface area contributed by atoms with E-state index >= 15 is 0 Å². The van der Waals surface area contributed by atoms with Crippen molar-refractivity contribution < 1.29 is 21.6 Å². The van der Waals surface area contributed by atoms with Gasteiger partial charge < -0.3 is 0 Å². The molecule has 0 N–H and O–H groups in total. The van der Waals surface area contributed by atoms with Crippen LogP contribution in [0.3, 0.4) is 0 Å². The Hall–Kier alpha value is -0.730. The van der Waals surface area contributed by atoms with Gasteiger partial charge in [0.2, 0.25) is 10.0 Å². The number of rotatable bonds is 2. The van der Waals surface area contributed by atoms with Crippen LogP contribution in [-0.2, 0) is 16.2 Å². The maximum atomic E-state index is 12.9. The van der Waals surface area contributed by atoms with Gasteiger partial charge in [0.15, 0.2) is 0 Å². The summed E-state index contributed by atoms with van der Waals surface area (Å²) in [4.78, 5) is -0.653. The van der Waals surface area contributed by atoms with Crippen LogP contribution in [0.25, 0.3) is 0 Å². The lowest BCUT2D eigenvalue weighted by Crippen LogP contribution is -2.34. The van der Waals surface area contributed by atoms with Crippen molar-refractivity contribution in [3.05, 3.63) is 29.8 Å². The third-order valence-corrected chi connectivity index (χ3v) is 6.00. The summed E-state index contributed by atoms with van der Waals surface area (Å²) in [5.41, 5.74) is -1.10. The van der Waals surface area contributed by atoms with Crippen molar-refractivity contribution in [1.29, 1.82) is 0 Å². The second-order valence-corrected chi connectivity index (χ2v) is 7.50. The molecule has 1 saturated heterocycles. The molecule has 0 aromatic heterocycles. The van der Waals surface area contributed by atoms with Crippen LogP contribution in [0.5, 0.6) is 0 Å². The van der Waals surface area contributed by atoms with Crippen LogP contribution >= 0.6 is 11.8 Å². The molecule has 0 bridgehead atoms. The minimum atomic E-state index is -4.68. The average molecular weight is 325 g/mol. The van der Waals surface area contributed by atoms with E-state index < -0.39 is 26.7 Å². The lowest BCUT2D eigenvalue weighted by molar-refractivity contribution is -0.139. The van der Waals surface area contributed by atoms with E-state index in [9.17, 15) is 21.6 Å². The number of hydrogen-bond donors (Lipinski definition) is 0. The molecule has 1 aromatic carbocycles. The molecule has 0 amide bonds. The molecule has 1 fully saturated rings. The summed E-state index contributed by atoms with van der Waals surface area (Å²) in [5.74, 6) is 1.43. The predicted molar refractivity (Wildman–Crippen MR) is 72.1 cm³/mol. The normalized spacial score (nSPS) is 18.8. The van der Waals surface area contributed by atoms with Gasteiger partial charge in [-0.15, -0.1) is 0 Å². The summed E-state index contributed by atoms with van der Waals surface area (Å²) < 4.78 is 64.8. The molecule has 1 heterocycles. The highest BCUT2D eigenvalue weighted by Gasteiger charge is 2.38. The van der Waals surface area contributed by atoms with E-state index in [1.807, 2.05) is 0 Å². The minimum Gasteiger partial charge on any atom is -0.207 e. The second-order valence-electron chi connectivity index (χ2n) is 4.36. The van der Waals surface area contributed by atoms with E-state index in [4.69, 9.17) is 0 Å². The molecule has 0 aliphatic carbocycles. The standard InChI is InChI=1S/C12H14F3NO2S2/c13-12(14,15)10-4-1-2-5-11(10)20(17,18)16-6-3-8-19-9-7-16/h1-2,4-5H,3,6-9H2. The van der Waals surface area contributed by atoms with Gasteiger partial charge in [-0.25, -0.2) is 8.42 Å². The van der Waals surface area contributed by atoms with Crippen molar-refractivity contribution in [2.75, 3.05) is 24.6 Å². The number of hydrogen-bond acceptors (Lipinski definition) is 3. The molecule has 0 spiro atoms. The summed E-state index contributed by atoms with van der Waals surface area (Å²) in [6, 6.07) is 4.34. The van der Waals surface area contributed by atoms with Gasteiger partial charge in [0.25, 0.3) is 0 Å². The van der Waals surface area contributed by atoms with Crippen LogP contribution in [0.15, 0.2) is 29.2 Å². The van der Waals surface area contributed by atoms with Gasteiger partial charge in [0.05, 0.1) is 10.5 Å². The van der Waals surface area contributed by atoms with Gasteiger partial charge >= 0.3 is 6.18 Å². The molecule has 2 rings (SSSR count). The van der Waals surface area contributed by atoms with Crippen molar-refractivity contribution in [1.82, 2.24) is 4.31 Å². The van der Waals surface area contributed by atoms with Crippen molar-refractivity contribution in [2.45, 2.75) is 17.5 Å². The zero-order valence-electron chi connectivity index (χ0n) is 10.6. The fourth-order valence-corrected chi connectivity index (χ4v) is 4.72. The molecule has 1 aliphatic rings. The number of thioether (sulfide) groups is 1. The van der Waals surface area contributed by atoms with Crippen LogP contribution in [0, 0.1) is 0 Å². The quantitative estimate of drug-likeness (QED) is 0.839. The fraction of sp³-hybridized carbons (Fsp3) is 0.500. The van der Waals surface area contributed by atoms with Gasteiger partial charge in [-0.2, -0.15) is 29.2 Å². The molecule has 0 atom stereocenters. The number of benzene rings is 1. The van der Waals surface area contributed by atoms with Crippen LogP contribution in [0.1, 0.15) is 12.0 Å². The molecule has 0 unspecified atom stereocenters. The first kappa shape index (κ1) is 15.7. The van der Waals surface area contributed by atoms with Gasteiger partial charge in [-0.3, -0.25) is 0 Å². The highest BCUT2D eigenvalue weighted by atomic mass is 32.2. The lowest BCUT2D eigenvalue weighted by atomic mass is 10.2. The molecule has 3 nitrogen and oxygen atoms in total. The molecule has 0 radical (unpaired) electrons. The largest absolute Gasteiger partial charge is 0.417 e. The second kappa shape index (κ2) is 5.95. The third-order valence-electron chi connectivity index (χ3n) is 2.99. The fourth-order valence-electron chi connectivity index (χ4n) is 2.03. The molecule has 1 aromatic rings. The van der Waals surface area contributed by atoms with E-state index in [0.29, 0.717) is 12.2 Å². The molecular formula is C12H14F3NO2S2. The topological polar surface area (TPSA) is 37.4 Å². The van der Waals surface area contributed by atoms with E-state index in [-0.39, 0.29) is 13.1 Å². The smallest absolute Gasteiger partial charge is 0.207 e. The Morgan fingerprint density at radius 3 is 2.50 bits per heavy atom. The Bertz CT molecular complexity index is 564. The van der Waals surface area contributed by atoms with Crippen molar-refractivity contribution in [3.8, 4) is 0 Å². The van der Waals surface area contributed by atoms with Crippen LogP contribution in [0.2, 0.25) is 0 Å². The SMILES string of the molecule is O=S(=O)(c1ccccc1C(F)(F)F)N1CCCSCC1. The number of alkyl halides is 3. The Kier molecular flexibility index (Phi) is 4.66. The first-order valence-electron chi connectivity index (χ1n) is 6.07. The van der Waals surface area contributed by atoms with Crippen LogP contribution < -0.4 is 0 Å². The summed E-state index contributed by atoms with van der Waals surface area (Å²) in [5, 5.41) is 0. The number of nitrogens with zero attached hydrogens (tertiary/aromatic N) is 1. The number of sulfonamides is 1. The first-order chi connectivity index (χ1) is 9.33. The molecule has 8 heteroatoms. The third kappa shape index (κ3) is 3.29. The van der Waals surface area contributed by atoms with E-state index in [2.05, 4.69) is 0 Å². The lowest BCUT2D eigenvalue weighted by Gasteiger charge is -2.22. The minimum absolute atomic E-state index is 0.249. The Balaban J connectivity index is 2.44. The van der Waals surface area contributed by atoms with Gasteiger partial charge in [-0.1, -0.05) is 12.1 Å². The number of halogens is 3. The molecule has 1 aliphatic heterocycles. The van der Waals surface area contributed by atoms with Crippen molar-refractivity contribution >= 4 is 21.8 Å². The van der Waals surface area contributed by atoms with Gasteiger partial charge in [0, 0.05) is 18.8 Å². The highest BCUT2D eigenvalue weighted by molar-refractivity contribution is 7.99. The molecular weight excluding hydrogens is 311 g/mol. The zero-order chi connectivity index (χ0) is 14.8. The first-order valence-corrected chi connectivity index (χ1v) is 8.67. The molecule has 112 valence electrons.